The molecule has 0 radical (unpaired) electrons. The fourth-order valence-corrected chi connectivity index (χ4v) is 2.98. The van der Waals surface area contributed by atoms with Crippen molar-refractivity contribution in [1.82, 2.24) is 4.90 Å². The number of carbonyl (C=O) groups excluding carboxylic acids is 2. The third-order valence-corrected chi connectivity index (χ3v) is 4.61. The van der Waals surface area contributed by atoms with Crippen LogP contribution in [0.1, 0.15) is 48.5 Å². The highest BCUT2D eigenvalue weighted by Crippen LogP contribution is 2.29. The van der Waals surface area contributed by atoms with Crippen LogP contribution in [0.4, 0.5) is 4.39 Å². The number of rotatable bonds is 9. The summed E-state index contributed by atoms with van der Waals surface area (Å²) in [7, 11) is 0. The second-order valence-electron chi connectivity index (χ2n) is 6.92. The van der Waals surface area contributed by atoms with Crippen molar-refractivity contribution in [3.05, 3.63) is 65.5 Å². The number of halogens is 1. The molecule has 3 rings (SSSR count). The molecule has 27 heavy (non-hydrogen) atoms. The third-order valence-electron chi connectivity index (χ3n) is 4.61. The van der Waals surface area contributed by atoms with Crippen LogP contribution >= 0.6 is 0 Å². The molecule has 0 bridgehead atoms. The lowest BCUT2D eigenvalue weighted by atomic mass is 10.1. The molecule has 2 aromatic rings. The van der Waals surface area contributed by atoms with Gasteiger partial charge in [-0.2, -0.15) is 0 Å². The van der Waals surface area contributed by atoms with E-state index in [1.807, 2.05) is 11.0 Å². The lowest BCUT2D eigenvalue weighted by Gasteiger charge is -2.22. The SMILES string of the molecule is CC(=O)c1ccc(OCCCC(=O)N(Cc2cccc(F)c2)C2CC2)cc1. The normalized spacial score (nSPS) is 13.3. The van der Waals surface area contributed by atoms with Crippen LogP contribution in [0, 0.1) is 5.82 Å². The van der Waals surface area contributed by atoms with Crippen molar-refractivity contribution < 1.29 is 18.7 Å². The minimum atomic E-state index is -0.278. The minimum absolute atomic E-state index is 0.0191. The Morgan fingerprint density at radius 1 is 1.15 bits per heavy atom. The molecule has 142 valence electrons. The lowest BCUT2D eigenvalue weighted by molar-refractivity contribution is -0.132. The van der Waals surface area contributed by atoms with E-state index in [-0.39, 0.29) is 23.5 Å². The van der Waals surface area contributed by atoms with Crippen LogP contribution in [0.3, 0.4) is 0 Å². The number of hydrogen-bond donors (Lipinski definition) is 0. The summed E-state index contributed by atoms with van der Waals surface area (Å²) in [5.74, 6) is 0.508. The molecule has 1 fully saturated rings. The van der Waals surface area contributed by atoms with Crippen molar-refractivity contribution in [3.63, 3.8) is 0 Å². The van der Waals surface area contributed by atoms with Crippen molar-refractivity contribution >= 4 is 11.7 Å². The van der Waals surface area contributed by atoms with E-state index >= 15 is 0 Å². The molecule has 2 aromatic carbocycles. The van der Waals surface area contributed by atoms with E-state index in [1.54, 1.807) is 30.3 Å². The van der Waals surface area contributed by atoms with Gasteiger partial charge in [0.25, 0.3) is 0 Å². The van der Waals surface area contributed by atoms with Crippen molar-refractivity contribution in [2.24, 2.45) is 0 Å². The van der Waals surface area contributed by atoms with Gasteiger partial charge >= 0.3 is 0 Å². The number of hydrogen-bond acceptors (Lipinski definition) is 3. The van der Waals surface area contributed by atoms with E-state index in [9.17, 15) is 14.0 Å². The predicted molar refractivity (Wildman–Crippen MR) is 101 cm³/mol. The fraction of sp³-hybridized carbons (Fsp3) is 0.364. The Labute approximate surface area is 158 Å². The zero-order chi connectivity index (χ0) is 19.2. The number of ketones is 1. The molecule has 1 aliphatic carbocycles. The largest absolute Gasteiger partial charge is 0.494 e. The van der Waals surface area contributed by atoms with Crippen molar-refractivity contribution in [3.8, 4) is 5.75 Å². The standard InChI is InChI=1S/C22H24FNO3/c1-16(25)18-7-11-21(12-8-18)27-13-3-6-22(26)24(20-9-10-20)15-17-4-2-5-19(23)14-17/h2,4-5,7-8,11-12,14,20H,3,6,9-10,13,15H2,1H3. The van der Waals surface area contributed by atoms with Crippen LogP contribution < -0.4 is 4.74 Å². The lowest BCUT2D eigenvalue weighted by Crippen LogP contribution is -2.32. The first-order valence-electron chi connectivity index (χ1n) is 9.30. The molecule has 5 heteroatoms. The highest BCUT2D eigenvalue weighted by atomic mass is 19.1. The first-order chi connectivity index (χ1) is 13.0. The molecular weight excluding hydrogens is 345 g/mol. The smallest absolute Gasteiger partial charge is 0.223 e. The van der Waals surface area contributed by atoms with E-state index in [1.165, 1.54) is 19.1 Å². The zero-order valence-electron chi connectivity index (χ0n) is 15.5. The quantitative estimate of drug-likeness (QED) is 0.487. The number of Topliss-reactive ketones (excluding diaryl/α,β-unsaturated/α-hetero) is 1. The monoisotopic (exact) mass is 369 g/mol. The average Bonchev–Trinajstić information content (AvgIpc) is 3.48. The summed E-state index contributed by atoms with van der Waals surface area (Å²) >= 11 is 0. The molecule has 0 spiro atoms. The minimum Gasteiger partial charge on any atom is -0.494 e. The van der Waals surface area contributed by atoms with Gasteiger partial charge in [-0.25, -0.2) is 4.39 Å². The Hall–Kier alpha value is -2.69. The number of carbonyl (C=O) groups is 2. The Kier molecular flexibility index (Phi) is 6.22. The first-order valence-corrected chi connectivity index (χ1v) is 9.30. The van der Waals surface area contributed by atoms with Crippen LogP contribution in [-0.2, 0) is 11.3 Å². The molecular formula is C22H24FNO3. The molecule has 1 aliphatic rings. The summed E-state index contributed by atoms with van der Waals surface area (Å²) in [5.41, 5.74) is 1.46. The number of nitrogens with zero attached hydrogens (tertiary/aromatic N) is 1. The second-order valence-corrected chi connectivity index (χ2v) is 6.92. The highest BCUT2D eigenvalue weighted by molar-refractivity contribution is 5.94. The number of benzene rings is 2. The van der Waals surface area contributed by atoms with Gasteiger partial charge in [-0.1, -0.05) is 12.1 Å². The van der Waals surface area contributed by atoms with Gasteiger partial charge in [0.15, 0.2) is 5.78 Å². The summed E-state index contributed by atoms with van der Waals surface area (Å²) in [5, 5.41) is 0. The molecule has 4 nitrogen and oxygen atoms in total. The van der Waals surface area contributed by atoms with Crippen LogP contribution in [0.25, 0.3) is 0 Å². The Morgan fingerprint density at radius 2 is 1.89 bits per heavy atom. The van der Waals surface area contributed by atoms with Crippen molar-refractivity contribution in [2.45, 2.75) is 45.2 Å². The molecule has 1 saturated carbocycles. The van der Waals surface area contributed by atoms with Gasteiger partial charge in [0.05, 0.1) is 6.61 Å². The van der Waals surface area contributed by atoms with E-state index < -0.39 is 0 Å². The summed E-state index contributed by atoms with van der Waals surface area (Å²) in [6.07, 6.45) is 3.04. The van der Waals surface area contributed by atoms with E-state index in [4.69, 9.17) is 4.74 Å². The van der Waals surface area contributed by atoms with Gasteiger partial charge < -0.3 is 9.64 Å². The Morgan fingerprint density at radius 3 is 2.52 bits per heavy atom. The molecule has 0 atom stereocenters. The molecule has 0 heterocycles. The highest BCUT2D eigenvalue weighted by Gasteiger charge is 2.32. The van der Waals surface area contributed by atoms with Crippen LogP contribution in [0.5, 0.6) is 5.75 Å². The van der Waals surface area contributed by atoms with Gasteiger partial charge in [0, 0.05) is 24.6 Å². The van der Waals surface area contributed by atoms with Gasteiger partial charge in [-0.05, 0) is 68.1 Å². The van der Waals surface area contributed by atoms with Crippen LogP contribution in [0.2, 0.25) is 0 Å². The van der Waals surface area contributed by atoms with Crippen LogP contribution in [-0.4, -0.2) is 29.2 Å². The van der Waals surface area contributed by atoms with Crippen molar-refractivity contribution in [1.29, 1.82) is 0 Å². The molecule has 0 aliphatic heterocycles. The Bertz CT molecular complexity index is 799. The van der Waals surface area contributed by atoms with Gasteiger partial charge in [-0.3, -0.25) is 9.59 Å². The molecule has 0 unspecified atom stereocenters. The summed E-state index contributed by atoms with van der Waals surface area (Å²) in [6.45, 7) is 2.41. The maximum atomic E-state index is 13.4. The predicted octanol–water partition coefficient (Wildman–Crippen LogP) is 4.38. The van der Waals surface area contributed by atoms with Gasteiger partial charge in [0.2, 0.25) is 5.91 Å². The molecule has 0 saturated heterocycles. The molecule has 1 amide bonds. The topological polar surface area (TPSA) is 46.6 Å². The third kappa shape index (κ3) is 5.64. The summed E-state index contributed by atoms with van der Waals surface area (Å²) in [6, 6.07) is 13.7. The summed E-state index contributed by atoms with van der Waals surface area (Å²) in [4.78, 5) is 25.7. The maximum absolute atomic E-state index is 13.4. The first kappa shape index (κ1) is 19.1. The van der Waals surface area contributed by atoms with E-state index in [0.717, 1.165) is 18.4 Å². The Balaban J connectivity index is 1.46. The fourth-order valence-electron chi connectivity index (χ4n) is 2.98. The van der Waals surface area contributed by atoms with E-state index in [2.05, 4.69) is 0 Å². The van der Waals surface area contributed by atoms with E-state index in [0.29, 0.717) is 37.3 Å². The summed E-state index contributed by atoms with van der Waals surface area (Å²) < 4.78 is 19.0. The zero-order valence-corrected chi connectivity index (χ0v) is 15.5. The number of ether oxygens (including phenoxy) is 1. The van der Waals surface area contributed by atoms with Crippen molar-refractivity contribution in [2.75, 3.05) is 6.61 Å². The maximum Gasteiger partial charge on any atom is 0.223 e. The van der Waals surface area contributed by atoms with Gasteiger partial charge in [0.1, 0.15) is 11.6 Å². The second kappa shape index (κ2) is 8.80. The van der Waals surface area contributed by atoms with Gasteiger partial charge in [-0.15, -0.1) is 0 Å². The molecule has 0 aromatic heterocycles. The van der Waals surface area contributed by atoms with Crippen LogP contribution in [0.15, 0.2) is 48.5 Å². The number of amides is 1. The molecule has 0 N–H and O–H groups in total. The average molecular weight is 369 g/mol.